The zero-order valence-corrected chi connectivity index (χ0v) is 15.4. The summed E-state index contributed by atoms with van der Waals surface area (Å²) in [5.41, 5.74) is 5.86. The van der Waals surface area contributed by atoms with Crippen molar-refractivity contribution < 1.29 is 0 Å². The minimum atomic E-state index is 0.496. The summed E-state index contributed by atoms with van der Waals surface area (Å²) >= 11 is 0. The number of rotatable bonds is 1. The lowest BCUT2D eigenvalue weighted by Crippen LogP contribution is -2.02. The van der Waals surface area contributed by atoms with Gasteiger partial charge in [0.05, 0.1) is 16.4 Å². The molecule has 2 aromatic carbocycles. The van der Waals surface area contributed by atoms with Crippen LogP contribution in [0.4, 0.5) is 0 Å². The summed E-state index contributed by atoms with van der Waals surface area (Å²) in [5.74, 6) is 0.646. The van der Waals surface area contributed by atoms with Crippen LogP contribution in [-0.2, 0) is 0 Å². The maximum atomic E-state index is 10.2. The molecule has 0 spiro atoms. The van der Waals surface area contributed by atoms with Crippen molar-refractivity contribution in [3.05, 3.63) is 72.3 Å². The van der Waals surface area contributed by atoms with E-state index < -0.39 is 0 Å². The van der Waals surface area contributed by atoms with Crippen LogP contribution in [0.5, 0.6) is 0 Å². The van der Waals surface area contributed by atoms with Crippen LogP contribution in [0.15, 0.2) is 60.9 Å². The van der Waals surface area contributed by atoms with Crippen molar-refractivity contribution in [1.82, 2.24) is 29.0 Å². The van der Waals surface area contributed by atoms with Gasteiger partial charge in [-0.2, -0.15) is 10.4 Å². The molecule has 0 bridgehead atoms. The van der Waals surface area contributed by atoms with Crippen LogP contribution in [0.2, 0.25) is 0 Å². The third-order valence-corrected chi connectivity index (χ3v) is 5.14. The van der Waals surface area contributed by atoms with Crippen LogP contribution in [0, 0.1) is 18.3 Å². The van der Waals surface area contributed by atoms with Crippen molar-refractivity contribution in [2.24, 2.45) is 0 Å². The molecule has 4 aromatic heterocycles. The highest BCUT2D eigenvalue weighted by molar-refractivity contribution is 6.08. The number of pyridine rings is 1. The van der Waals surface area contributed by atoms with Crippen LogP contribution >= 0.6 is 0 Å². The molecule has 0 radical (unpaired) electrons. The van der Waals surface area contributed by atoms with Gasteiger partial charge in [-0.15, -0.1) is 0 Å². The summed E-state index contributed by atoms with van der Waals surface area (Å²) in [6.07, 6.45) is 1.66. The minimum Gasteiger partial charge on any atom is -0.275 e. The molecule has 0 aliphatic rings. The molecule has 0 saturated heterocycles. The Morgan fingerprint density at radius 3 is 2.52 bits per heavy atom. The largest absolute Gasteiger partial charge is 0.275 e. The molecule has 6 rings (SSSR count). The van der Waals surface area contributed by atoms with Crippen LogP contribution in [0.25, 0.3) is 44.5 Å². The molecule has 136 valence electrons. The average molecular weight is 375 g/mol. The van der Waals surface area contributed by atoms with Crippen molar-refractivity contribution in [2.75, 3.05) is 0 Å². The second-order valence-corrected chi connectivity index (χ2v) is 6.86. The Labute approximate surface area is 164 Å². The quantitative estimate of drug-likeness (QED) is 0.435. The van der Waals surface area contributed by atoms with Gasteiger partial charge in [-0.1, -0.05) is 42.5 Å². The van der Waals surface area contributed by atoms with Gasteiger partial charge in [-0.25, -0.2) is 19.5 Å². The van der Waals surface area contributed by atoms with Gasteiger partial charge >= 0.3 is 0 Å². The summed E-state index contributed by atoms with van der Waals surface area (Å²) in [6.45, 7) is 1.84. The summed E-state index contributed by atoms with van der Waals surface area (Å²) in [5, 5.41) is 15.4. The van der Waals surface area contributed by atoms with Crippen molar-refractivity contribution >= 4 is 33.4 Å². The van der Waals surface area contributed by atoms with E-state index in [0.29, 0.717) is 28.3 Å². The van der Waals surface area contributed by atoms with Gasteiger partial charge < -0.3 is 0 Å². The number of benzene rings is 2. The van der Waals surface area contributed by atoms with Gasteiger partial charge in [0.2, 0.25) is 0 Å². The number of nitriles is 1. The van der Waals surface area contributed by atoms with Crippen LogP contribution in [0.1, 0.15) is 11.4 Å². The lowest BCUT2D eigenvalue weighted by atomic mass is 9.98. The smallest absolute Gasteiger partial charge is 0.169 e. The van der Waals surface area contributed by atoms with E-state index in [1.807, 2.05) is 65.9 Å². The zero-order valence-electron chi connectivity index (χ0n) is 15.4. The maximum Gasteiger partial charge on any atom is 0.169 e. The van der Waals surface area contributed by atoms with Gasteiger partial charge in [-0.3, -0.25) is 4.40 Å². The molecular weight excluding hydrogens is 362 g/mol. The van der Waals surface area contributed by atoms with Crippen LogP contribution in [0.3, 0.4) is 0 Å². The number of hydrogen-bond donors (Lipinski definition) is 0. The molecule has 7 nitrogen and oxygen atoms in total. The van der Waals surface area contributed by atoms with E-state index in [2.05, 4.69) is 16.2 Å². The molecule has 6 aromatic rings. The van der Waals surface area contributed by atoms with E-state index in [0.717, 1.165) is 27.5 Å². The first-order valence-electron chi connectivity index (χ1n) is 9.16. The van der Waals surface area contributed by atoms with Gasteiger partial charge in [0, 0.05) is 5.56 Å². The number of aryl methyl sites for hydroxylation is 1. The molecule has 0 aliphatic carbocycles. The number of hydrogen-bond acceptors (Lipinski definition) is 5. The third kappa shape index (κ3) is 2.05. The highest BCUT2D eigenvalue weighted by Gasteiger charge is 2.23. The first kappa shape index (κ1) is 15.7. The van der Waals surface area contributed by atoms with E-state index in [9.17, 15) is 5.26 Å². The molecule has 0 atom stereocenters. The molecule has 7 heteroatoms. The predicted octanol–water partition coefficient (Wildman–Crippen LogP) is 3.93. The van der Waals surface area contributed by atoms with Gasteiger partial charge in [-0.05, 0) is 24.6 Å². The zero-order chi connectivity index (χ0) is 19.5. The first-order chi connectivity index (χ1) is 14.3. The fourth-order valence-electron chi connectivity index (χ4n) is 3.99. The Bertz CT molecular complexity index is 1620. The van der Waals surface area contributed by atoms with Crippen LogP contribution in [-0.4, -0.2) is 29.0 Å². The summed E-state index contributed by atoms with van der Waals surface area (Å²) < 4.78 is 3.61. The van der Waals surface area contributed by atoms with Crippen molar-refractivity contribution in [3.63, 3.8) is 0 Å². The van der Waals surface area contributed by atoms with Gasteiger partial charge in [0.25, 0.3) is 0 Å². The fourth-order valence-corrected chi connectivity index (χ4v) is 3.99. The number of aromatic nitrogens is 6. The molecule has 0 fully saturated rings. The number of fused-ring (bicyclic) bond motifs is 7. The highest BCUT2D eigenvalue weighted by Crippen LogP contribution is 2.37. The van der Waals surface area contributed by atoms with E-state index in [4.69, 9.17) is 9.97 Å². The molecule has 0 aliphatic heterocycles. The van der Waals surface area contributed by atoms with E-state index in [1.54, 1.807) is 10.8 Å². The summed E-state index contributed by atoms with van der Waals surface area (Å²) in [4.78, 5) is 14.1. The van der Waals surface area contributed by atoms with Crippen molar-refractivity contribution in [1.29, 1.82) is 5.26 Å². The molecule has 29 heavy (non-hydrogen) atoms. The molecule has 0 N–H and O–H groups in total. The second-order valence-electron chi connectivity index (χ2n) is 6.86. The Morgan fingerprint density at radius 2 is 1.69 bits per heavy atom. The van der Waals surface area contributed by atoms with Crippen molar-refractivity contribution in [2.45, 2.75) is 6.92 Å². The van der Waals surface area contributed by atoms with Crippen molar-refractivity contribution in [3.8, 4) is 17.2 Å². The second kappa shape index (κ2) is 5.59. The lowest BCUT2D eigenvalue weighted by Gasteiger charge is -2.12. The molecule has 0 amide bonds. The SMILES string of the molecule is Cc1nc2c3c(-c4ccccc4)c(C#N)c4nc5ccccc5n4c3ncn2n1. The van der Waals surface area contributed by atoms with Crippen LogP contribution < -0.4 is 0 Å². The topological polar surface area (TPSA) is 84.2 Å². The Kier molecular flexibility index (Phi) is 3.03. The maximum absolute atomic E-state index is 10.2. The predicted molar refractivity (Wildman–Crippen MR) is 109 cm³/mol. The molecule has 0 saturated carbocycles. The normalized spacial score (nSPS) is 11.6. The number of nitrogens with zero attached hydrogens (tertiary/aromatic N) is 7. The monoisotopic (exact) mass is 375 g/mol. The summed E-state index contributed by atoms with van der Waals surface area (Å²) in [7, 11) is 0. The molecule has 0 unspecified atom stereocenters. The van der Waals surface area contributed by atoms with E-state index >= 15 is 0 Å². The number of imidazole rings is 1. The van der Waals surface area contributed by atoms with Gasteiger partial charge in [0.1, 0.15) is 23.8 Å². The Balaban J connectivity index is 1.99. The lowest BCUT2D eigenvalue weighted by molar-refractivity contribution is 0.905. The third-order valence-electron chi connectivity index (χ3n) is 5.14. The standard InChI is InChI=1S/C22H13N7/c1-13-25-22-19-18(14-7-3-2-4-8-14)15(11-23)20-26-16-9-5-6-10-17(16)29(20)21(19)24-12-28(22)27-13/h2-10,12H,1H3. The molecular formula is C22H13N7. The van der Waals surface area contributed by atoms with Gasteiger partial charge in [0.15, 0.2) is 16.9 Å². The Morgan fingerprint density at radius 1 is 0.897 bits per heavy atom. The van der Waals surface area contributed by atoms with E-state index in [1.165, 1.54) is 0 Å². The Hall–Kier alpha value is -4.31. The highest BCUT2D eigenvalue weighted by atomic mass is 15.3. The fraction of sp³-hybridized carbons (Fsp3) is 0.0455. The van der Waals surface area contributed by atoms with E-state index in [-0.39, 0.29) is 0 Å². The minimum absolute atomic E-state index is 0.496. The summed E-state index contributed by atoms with van der Waals surface area (Å²) in [6, 6.07) is 20.1. The number of para-hydroxylation sites is 2. The molecule has 4 heterocycles. The first-order valence-corrected chi connectivity index (χ1v) is 9.16. The average Bonchev–Trinajstić information content (AvgIpc) is 3.33.